The maximum absolute atomic E-state index is 10.5. The summed E-state index contributed by atoms with van der Waals surface area (Å²) in [4.78, 5) is 10.5. The van der Waals surface area contributed by atoms with Crippen molar-refractivity contribution in [2.75, 3.05) is 20.2 Å². The number of hydrogen-bond donors (Lipinski definition) is 1. The second-order valence-corrected chi connectivity index (χ2v) is 1.98. The molecule has 0 heterocycles. The number of nitriles is 1. The van der Waals surface area contributed by atoms with Crippen LogP contribution in [0.1, 0.15) is 12.8 Å². The number of nitrogens with one attached hydrogen (secondary N) is 1. The number of nitrogens with zero attached hydrogens (tertiary/aromatic N) is 1. The third-order valence-corrected chi connectivity index (χ3v) is 1.15. The van der Waals surface area contributed by atoms with Gasteiger partial charge in [-0.1, -0.05) is 0 Å². The highest BCUT2D eigenvalue weighted by Crippen LogP contribution is 1.81. The first-order valence-corrected chi connectivity index (χ1v) is 3.45. The van der Waals surface area contributed by atoms with Crippen molar-refractivity contribution in [2.45, 2.75) is 12.8 Å². The third kappa shape index (κ3) is 6.81. The first kappa shape index (κ1) is 9.92. The van der Waals surface area contributed by atoms with Crippen molar-refractivity contribution in [3.63, 3.8) is 0 Å². The third-order valence-electron chi connectivity index (χ3n) is 1.15. The first-order chi connectivity index (χ1) is 5.31. The van der Waals surface area contributed by atoms with Gasteiger partial charge < -0.3 is 10.1 Å². The fourth-order valence-electron chi connectivity index (χ4n) is 0.562. The minimum Gasteiger partial charge on any atom is -0.469 e. The van der Waals surface area contributed by atoms with E-state index >= 15 is 0 Å². The van der Waals surface area contributed by atoms with Gasteiger partial charge >= 0.3 is 5.97 Å². The van der Waals surface area contributed by atoms with Gasteiger partial charge in [-0.15, -0.1) is 0 Å². The molecule has 4 nitrogen and oxygen atoms in total. The van der Waals surface area contributed by atoms with E-state index in [-0.39, 0.29) is 5.97 Å². The average molecular weight is 156 g/mol. The van der Waals surface area contributed by atoms with E-state index in [0.717, 1.165) is 0 Å². The maximum Gasteiger partial charge on any atom is 0.306 e. The van der Waals surface area contributed by atoms with E-state index in [4.69, 9.17) is 5.26 Å². The van der Waals surface area contributed by atoms with Gasteiger partial charge in [0, 0.05) is 19.5 Å². The molecule has 0 saturated carbocycles. The van der Waals surface area contributed by atoms with Crippen molar-refractivity contribution >= 4 is 5.97 Å². The molecule has 0 bridgehead atoms. The summed E-state index contributed by atoms with van der Waals surface area (Å²) in [6.07, 6.45) is 0.836. The van der Waals surface area contributed by atoms with Crippen LogP contribution in [-0.4, -0.2) is 26.2 Å². The number of carbonyl (C=O) groups excluding carboxylic acids is 1. The Balaban J connectivity index is 3.03. The summed E-state index contributed by atoms with van der Waals surface area (Å²) in [5, 5.41) is 11.1. The van der Waals surface area contributed by atoms with Crippen LogP contribution in [0, 0.1) is 11.3 Å². The van der Waals surface area contributed by atoms with E-state index in [1.165, 1.54) is 7.11 Å². The molecular weight excluding hydrogens is 144 g/mol. The lowest BCUT2D eigenvalue weighted by atomic mass is 10.4. The Morgan fingerprint density at radius 3 is 2.91 bits per heavy atom. The minimum absolute atomic E-state index is 0.227. The predicted molar refractivity (Wildman–Crippen MR) is 39.7 cm³/mol. The molecule has 0 aliphatic heterocycles. The van der Waals surface area contributed by atoms with Crippen molar-refractivity contribution < 1.29 is 9.53 Å². The number of methoxy groups -OCH3 is 1. The van der Waals surface area contributed by atoms with Crippen LogP contribution in [-0.2, 0) is 9.53 Å². The lowest BCUT2D eigenvalue weighted by Gasteiger charge is -1.99. The monoisotopic (exact) mass is 156 g/mol. The van der Waals surface area contributed by atoms with Gasteiger partial charge in [-0.2, -0.15) is 5.26 Å². The second kappa shape index (κ2) is 7.03. The molecule has 0 aliphatic carbocycles. The Labute approximate surface area is 66.1 Å². The SMILES string of the molecule is COC(=O)CCNCCC#N. The second-order valence-electron chi connectivity index (χ2n) is 1.98. The molecule has 0 unspecified atom stereocenters. The Hall–Kier alpha value is -1.08. The smallest absolute Gasteiger partial charge is 0.306 e. The largest absolute Gasteiger partial charge is 0.469 e. The van der Waals surface area contributed by atoms with Crippen LogP contribution >= 0.6 is 0 Å². The molecule has 0 aromatic carbocycles. The molecular formula is C7H12N2O2. The maximum atomic E-state index is 10.5. The van der Waals surface area contributed by atoms with Crippen molar-refractivity contribution in [3.05, 3.63) is 0 Å². The highest BCUT2D eigenvalue weighted by molar-refractivity contribution is 5.69. The molecule has 4 heteroatoms. The molecule has 0 amide bonds. The zero-order chi connectivity index (χ0) is 8.53. The van der Waals surface area contributed by atoms with Crippen molar-refractivity contribution in [2.24, 2.45) is 0 Å². The van der Waals surface area contributed by atoms with Crippen molar-refractivity contribution in [3.8, 4) is 6.07 Å². The van der Waals surface area contributed by atoms with Gasteiger partial charge in [0.15, 0.2) is 0 Å². The average Bonchev–Trinajstić information content (AvgIpc) is 2.04. The van der Waals surface area contributed by atoms with Crippen molar-refractivity contribution in [1.82, 2.24) is 5.32 Å². The predicted octanol–water partition coefficient (Wildman–Crippen LogP) is 0.0528. The van der Waals surface area contributed by atoms with Gasteiger partial charge in [-0.25, -0.2) is 0 Å². The van der Waals surface area contributed by atoms with Crippen LogP contribution in [0.4, 0.5) is 0 Å². The van der Waals surface area contributed by atoms with Gasteiger partial charge in [0.05, 0.1) is 19.6 Å². The summed E-state index contributed by atoms with van der Waals surface area (Å²) in [6.45, 7) is 1.21. The standard InChI is InChI=1S/C7H12N2O2/c1-11-7(10)3-6-9-5-2-4-8/h9H,2-3,5-6H2,1H3. The fraction of sp³-hybridized carbons (Fsp3) is 0.714. The normalized spacial score (nSPS) is 8.73. The van der Waals surface area contributed by atoms with Gasteiger partial charge in [0.2, 0.25) is 0 Å². The Kier molecular flexibility index (Phi) is 6.34. The van der Waals surface area contributed by atoms with E-state index in [0.29, 0.717) is 25.9 Å². The van der Waals surface area contributed by atoms with Crippen LogP contribution < -0.4 is 5.32 Å². The van der Waals surface area contributed by atoms with Gasteiger partial charge in [-0.05, 0) is 0 Å². The van der Waals surface area contributed by atoms with Gasteiger partial charge in [0.1, 0.15) is 0 Å². The Morgan fingerprint density at radius 2 is 2.36 bits per heavy atom. The summed E-state index contributed by atoms with van der Waals surface area (Å²) in [5.41, 5.74) is 0. The van der Waals surface area contributed by atoms with E-state index in [2.05, 4.69) is 10.1 Å². The number of hydrogen-bond acceptors (Lipinski definition) is 4. The van der Waals surface area contributed by atoms with Crippen LogP contribution in [0.25, 0.3) is 0 Å². The van der Waals surface area contributed by atoms with Crippen molar-refractivity contribution in [1.29, 1.82) is 5.26 Å². The zero-order valence-corrected chi connectivity index (χ0v) is 6.59. The molecule has 0 rings (SSSR count). The number of rotatable bonds is 5. The van der Waals surface area contributed by atoms with Crippen LogP contribution in [0.3, 0.4) is 0 Å². The van der Waals surface area contributed by atoms with Crippen LogP contribution in [0.5, 0.6) is 0 Å². The van der Waals surface area contributed by atoms with Gasteiger partial charge in [-0.3, -0.25) is 4.79 Å². The topological polar surface area (TPSA) is 62.1 Å². The highest BCUT2D eigenvalue weighted by atomic mass is 16.5. The molecule has 1 N–H and O–H groups in total. The Bertz CT molecular complexity index is 151. The quantitative estimate of drug-likeness (QED) is 0.451. The highest BCUT2D eigenvalue weighted by Gasteiger charge is 1.97. The minimum atomic E-state index is -0.227. The molecule has 0 saturated heterocycles. The zero-order valence-electron chi connectivity index (χ0n) is 6.59. The number of carbonyl (C=O) groups is 1. The molecule has 62 valence electrons. The van der Waals surface area contributed by atoms with E-state index in [1.54, 1.807) is 0 Å². The first-order valence-electron chi connectivity index (χ1n) is 3.45. The van der Waals surface area contributed by atoms with Crippen LogP contribution in [0.15, 0.2) is 0 Å². The van der Waals surface area contributed by atoms with E-state index < -0.39 is 0 Å². The molecule has 0 spiro atoms. The van der Waals surface area contributed by atoms with Crippen LogP contribution in [0.2, 0.25) is 0 Å². The molecule has 0 aromatic rings. The van der Waals surface area contributed by atoms with Gasteiger partial charge in [0.25, 0.3) is 0 Å². The number of esters is 1. The lowest BCUT2D eigenvalue weighted by molar-refractivity contribution is -0.140. The molecule has 0 aromatic heterocycles. The summed E-state index contributed by atoms with van der Waals surface area (Å²) in [5.74, 6) is -0.227. The molecule has 0 aliphatic rings. The molecule has 0 fully saturated rings. The molecule has 0 atom stereocenters. The summed E-state index contributed by atoms with van der Waals surface area (Å²) in [6, 6.07) is 1.99. The molecule has 0 radical (unpaired) electrons. The summed E-state index contributed by atoms with van der Waals surface area (Å²) < 4.78 is 4.41. The number of ether oxygens (including phenoxy) is 1. The summed E-state index contributed by atoms with van der Waals surface area (Å²) in [7, 11) is 1.36. The van der Waals surface area contributed by atoms with E-state index in [1.807, 2.05) is 6.07 Å². The Morgan fingerprint density at radius 1 is 1.64 bits per heavy atom. The molecule has 11 heavy (non-hydrogen) atoms. The summed E-state index contributed by atoms with van der Waals surface area (Å²) >= 11 is 0. The lowest BCUT2D eigenvalue weighted by Crippen LogP contribution is -2.19. The van der Waals surface area contributed by atoms with E-state index in [9.17, 15) is 4.79 Å². The fourth-order valence-corrected chi connectivity index (χ4v) is 0.562.